The molecule has 0 saturated heterocycles. The highest BCUT2D eigenvalue weighted by Gasteiger charge is 2.25. The van der Waals surface area contributed by atoms with Crippen molar-refractivity contribution in [1.29, 1.82) is 0 Å². The first kappa shape index (κ1) is 16.3. The number of benzene rings is 3. The Balaban J connectivity index is 1.62. The lowest BCUT2D eigenvalue weighted by molar-refractivity contribution is 0.926. The van der Waals surface area contributed by atoms with E-state index in [0.29, 0.717) is 0 Å². The summed E-state index contributed by atoms with van der Waals surface area (Å²) < 4.78 is 0. The van der Waals surface area contributed by atoms with Crippen molar-refractivity contribution in [3.63, 3.8) is 0 Å². The fourth-order valence-electron chi connectivity index (χ4n) is 3.71. The lowest BCUT2D eigenvalue weighted by Crippen LogP contribution is -2.09. The lowest BCUT2D eigenvalue weighted by Gasteiger charge is -2.24. The molecule has 0 fully saturated rings. The van der Waals surface area contributed by atoms with Gasteiger partial charge in [-0.15, -0.1) is 11.3 Å². The minimum absolute atomic E-state index is 0.892. The van der Waals surface area contributed by atoms with Gasteiger partial charge in [0.25, 0.3) is 0 Å². The molecule has 0 atom stereocenters. The van der Waals surface area contributed by atoms with Gasteiger partial charge in [0.05, 0.1) is 16.4 Å². The average Bonchev–Trinajstić information content (AvgIpc) is 3.04. The number of hydrogen-bond donors (Lipinski definition) is 0. The Hall–Kier alpha value is -2.91. The smallest absolute Gasteiger partial charge is 0.124 e. The van der Waals surface area contributed by atoms with Crippen LogP contribution in [0.25, 0.3) is 0 Å². The lowest BCUT2D eigenvalue weighted by atomic mass is 10.1. The highest BCUT2D eigenvalue weighted by atomic mass is 32.1. The standard InChI is InChI=1S/C24H20N2S/c1-3-9-18(10-4-1)17-23-25-21-16-15-19-11-7-8-14-22(19)26(24(21)27-23)20-12-5-2-6-13-20/h1-14H,15-17H2. The molecule has 3 aromatic carbocycles. The van der Waals surface area contributed by atoms with Gasteiger partial charge in [-0.2, -0.15) is 0 Å². The molecule has 0 bridgehead atoms. The van der Waals surface area contributed by atoms with Crippen molar-refractivity contribution in [3.05, 3.63) is 107 Å². The van der Waals surface area contributed by atoms with Crippen LogP contribution in [0.3, 0.4) is 0 Å². The Morgan fingerprint density at radius 1 is 0.778 bits per heavy atom. The zero-order valence-electron chi connectivity index (χ0n) is 15.0. The van der Waals surface area contributed by atoms with E-state index in [0.717, 1.165) is 19.3 Å². The summed E-state index contributed by atoms with van der Waals surface area (Å²) in [5.74, 6) is 0. The largest absolute Gasteiger partial charge is 0.300 e. The molecule has 4 aromatic rings. The van der Waals surface area contributed by atoms with E-state index in [1.165, 1.54) is 38.2 Å². The van der Waals surface area contributed by atoms with Crippen molar-refractivity contribution in [2.75, 3.05) is 4.90 Å². The Morgan fingerprint density at radius 2 is 1.48 bits per heavy atom. The van der Waals surface area contributed by atoms with Crippen molar-refractivity contribution in [2.24, 2.45) is 0 Å². The van der Waals surface area contributed by atoms with E-state index in [-0.39, 0.29) is 0 Å². The molecule has 0 N–H and O–H groups in total. The van der Waals surface area contributed by atoms with Crippen molar-refractivity contribution in [1.82, 2.24) is 4.98 Å². The van der Waals surface area contributed by atoms with Gasteiger partial charge in [-0.25, -0.2) is 4.98 Å². The number of rotatable bonds is 3. The molecule has 0 aliphatic carbocycles. The van der Waals surface area contributed by atoms with Gasteiger partial charge in [-0.05, 0) is 42.2 Å². The Morgan fingerprint density at radius 3 is 2.30 bits per heavy atom. The molecule has 1 aliphatic heterocycles. The van der Waals surface area contributed by atoms with Gasteiger partial charge >= 0.3 is 0 Å². The topological polar surface area (TPSA) is 16.1 Å². The summed E-state index contributed by atoms with van der Waals surface area (Å²) in [5, 5.41) is 2.45. The first-order valence-electron chi connectivity index (χ1n) is 9.34. The number of para-hydroxylation sites is 2. The molecule has 0 spiro atoms. The number of anilines is 3. The molecule has 2 heterocycles. The summed E-state index contributed by atoms with van der Waals surface area (Å²) in [6.07, 6.45) is 2.91. The van der Waals surface area contributed by atoms with Gasteiger partial charge in [0.15, 0.2) is 0 Å². The molecule has 3 heteroatoms. The summed E-state index contributed by atoms with van der Waals surface area (Å²) in [6.45, 7) is 0. The van der Waals surface area contributed by atoms with E-state index < -0.39 is 0 Å². The van der Waals surface area contributed by atoms with E-state index in [9.17, 15) is 0 Å². The van der Waals surface area contributed by atoms with Crippen LogP contribution in [0.15, 0.2) is 84.9 Å². The van der Waals surface area contributed by atoms with Gasteiger partial charge in [0, 0.05) is 12.1 Å². The molecular formula is C24H20N2S. The normalized spacial score (nSPS) is 13.0. The molecule has 0 unspecified atom stereocenters. The first-order valence-corrected chi connectivity index (χ1v) is 10.2. The molecule has 1 aromatic heterocycles. The molecule has 2 nitrogen and oxygen atoms in total. The van der Waals surface area contributed by atoms with Crippen LogP contribution in [0.2, 0.25) is 0 Å². The molecule has 0 radical (unpaired) electrons. The van der Waals surface area contributed by atoms with E-state index in [1.54, 1.807) is 0 Å². The van der Waals surface area contributed by atoms with Gasteiger partial charge in [0.1, 0.15) is 5.00 Å². The number of aryl methyl sites for hydroxylation is 2. The maximum atomic E-state index is 5.04. The summed E-state index contributed by atoms with van der Waals surface area (Å²) >= 11 is 1.82. The number of hydrogen-bond acceptors (Lipinski definition) is 3. The minimum Gasteiger partial charge on any atom is -0.300 e. The van der Waals surface area contributed by atoms with E-state index in [4.69, 9.17) is 4.98 Å². The van der Waals surface area contributed by atoms with Crippen LogP contribution in [-0.4, -0.2) is 4.98 Å². The summed E-state index contributed by atoms with van der Waals surface area (Å²) in [7, 11) is 0. The van der Waals surface area contributed by atoms with Crippen LogP contribution in [-0.2, 0) is 19.3 Å². The van der Waals surface area contributed by atoms with Crippen molar-refractivity contribution >= 4 is 27.7 Å². The molecule has 0 saturated carbocycles. The average molecular weight is 369 g/mol. The van der Waals surface area contributed by atoms with Crippen LogP contribution in [0.1, 0.15) is 21.8 Å². The quantitative estimate of drug-likeness (QED) is 0.422. The third-order valence-electron chi connectivity index (χ3n) is 5.00. The van der Waals surface area contributed by atoms with E-state index >= 15 is 0 Å². The molecule has 5 rings (SSSR count). The number of fused-ring (bicyclic) bond motifs is 2. The zero-order valence-corrected chi connectivity index (χ0v) is 15.8. The van der Waals surface area contributed by atoms with E-state index in [2.05, 4.69) is 89.8 Å². The van der Waals surface area contributed by atoms with Crippen molar-refractivity contribution < 1.29 is 0 Å². The number of aromatic nitrogens is 1. The highest BCUT2D eigenvalue weighted by molar-refractivity contribution is 7.16. The monoisotopic (exact) mass is 368 g/mol. The van der Waals surface area contributed by atoms with Crippen LogP contribution >= 0.6 is 11.3 Å². The summed E-state index contributed by atoms with van der Waals surface area (Å²) in [5.41, 5.74) is 6.38. The van der Waals surface area contributed by atoms with Crippen LogP contribution < -0.4 is 4.90 Å². The van der Waals surface area contributed by atoms with Crippen LogP contribution in [0.5, 0.6) is 0 Å². The molecule has 27 heavy (non-hydrogen) atoms. The fourth-order valence-corrected chi connectivity index (χ4v) is 4.89. The zero-order chi connectivity index (χ0) is 18.1. The van der Waals surface area contributed by atoms with Gasteiger partial charge in [-0.3, -0.25) is 0 Å². The van der Waals surface area contributed by atoms with Gasteiger partial charge < -0.3 is 4.90 Å². The van der Waals surface area contributed by atoms with Gasteiger partial charge in [0.2, 0.25) is 0 Å². The summed E-state index contributed by atoms with van der Waals surface area (Å²) in [6, 6.07) is 30.0. The second-order valence-corrected chi connectivity index (χ2v) is 7.88. The fraction of sp³-hybridized carbons (Fsp3) is 0.125. The van der Waals surface area contributed by atoms with Crippen molar-refractivity contribution in [2.45, 2.75) is 19.3 Å². The second kappa shape index (κ2) is 7.01. The Labute approximate surface area is 163 Å². The predicted octanol–water partition coefficient (Wildman–Crippen LogP) is 6.30. The first-order chi connectivity index (χ1) is 13.4. The van der Waals surface area contributed by atoms with E-state index in [1.807, 2.05) is 11.3 Å². The van der Waals surface area contributed by atoms with Gasteiger partial charge in [-0.1, -0.05) is 66.7 Å². The number of thiazole rings is 1. The summed E-state index contributed by atoms with van der Waals surface area (Å²) in [4.78, 5) is 7.43. The third-order valence-corrected chi connectivity index (χ3v) is 6.08. The Bertz CT molecular complexity index is 1050. The second-order valence-electron chi connectivity index (χ2n) is 6.82. The number of nitrogens with zero attached hydrogens (tertiary/aromatic N) is 2. The maximum absolute atomic E-state index is 5.04. The minimum atomic E-state index is 0.892. The Kier molecular flexibility index (Phi) is 4.23. The predicted molar refractivity (Wildman–Crippen MR) is 113 cm³/mol. The SMILES string of the molecule is c1ccc(Cc2nc3c(s2)N(c2ccccc2)c2ccccc2CC3)cc1. The maximum Gasteiger partial charge on any atom is 0.124 e. The highest BCUT2D eigenvalue weighted by Crippen LogP contribution is 2.44. The molecule has 132 valence electrons. The van der Waals surface area contributed by atoms with Crippen molar-refractivity contribution in [3.8, 4) is 0 Å². The van der Waals surface area contributed by atoms with Crippen LogP contribution in [0, 0.1) is 0 Å². The molecule has 0 amide bonds. The molecular weight excluding hydrogens is 348 g/mol. The third kappa shape index (κ3) is 3.15. The molecule has 1 aliphatic rings. The van der Waals surface area contributed by atoms with Crippen LogP contribution in [0.4, 0.5) is 16.4 Å².